The molecule has 0 saturated carbocycles. The van der Waals surface area contributed by atoms with Gasteiger partial charge in [0.25, 0.3) is 0 Å². The quantitative estimate of drug-likeness (QED) is 0.398. The number of unbranched alkanes of at least 4 members (excludes halogenated alkanes) is 9. The number of rotatable bonds is 12. The van der Waals surface area contributed by atoms with Gasteiger partial charge in [0, 0.05) is 0 Å². The van der Waals surface area contributed by atoms with E-state index in [0.717, 1.165) is 24.7 Å². The lowest BCUT2D eigenvalue weighted by atomic mass is 10.0. The van der Waals surface area contributed by atoms with Crippen molar-refractivity contribution in [2.45, 2.75) is 77.6 Å². The molecule has 1 N–H and O–H groups in total. The van der Waals surface area contributed by atoms with E-state index in [1.807, 2.05) is 12.1 Å². The third-order valence-electron chi connectivity index (χ3n) is 4.08. The minimum absolute atomic E-state index is 0.170. The van der Waals surface area contributed by atoms with Crippen LogP contribution in [0.4, 0.5) is 0 Å². The van der Waals surface area contributed by atoms with Crippen molar-refractivity contribution in [1.29, 1.82) is 0 Å². The van der Waals surface area contributed by atoms with E-state index in [1.165, 1.54) is 57.8 Å². The lowest BCUT2D eigenvalue weighted by Gasteiger charge is -2.06. The molecule has 2 heteroatoms. The number of carbonyl (C=O) groups is 1. The van der Waals surface area contributed by atoms with Gasteiger partial charge in [0.2, 0.25) is 0 Å². The van der Waals surface area contributed by atoms with Crippen LogP contribution in [-0.2, 0) is 6.42 Å². The highest BCUT2D eigenvalue weighted by Gasteiger charge is 2.05. The number of aldehydes is 1. The Kier molecular flexibility index (Phi) is 9.60. The van der Waals surface area contributed by atoms with Crippen LogP contribution in [0.15, 0.2) is 18.2 Å². The Bertz CT molecular complexity index is 399. The predicted molar refractivity (Wildman–Crippen MR) is 89.0 cm³/mol. The van der Waals surface area contributed by atoms with Crippen LogP contribution in [0.25, 0.3) is 0 Å². The maximum Gasteiger partial charge on any atom is 0.153 e. The van der Waals surface area contributed by atoms with Crippen LogP contribution in [0, 0.1) is 0 Å². The topological polar surface area (TPSA) is 37.3 Å². The van der Waals surface area contributed by atoms with Crippen LogP contribution >= 0.6 is 0 Å². The molecule has 0 amide bonds. The van der Waals surface area contributed by atoms with Crippen molar-refractivity contribution in [1.82, 2.24) is 0 Å². The first-order valence-corrected chi connectivity index (χ1v) is 8.55. The third-order valence-corrected chi connectivity index (χ3v) is 4.08. The zero-order valence-electron chi connectivity index (χ0n) is 13.4. The van der Waals surface area contributed by atoms with Crippen molar-refractivity contribution in [2.24, 2.45) is 0 Å². The summed E-state index contributed by atoms with van der Waals surface area (Å²) >= 11 is 0. The summed E-state index contributed by atoms with van der Waals surface area (Å²) in [6, 6.07) is 5.41. The molecule has 0 saturated heterocycles. The van der Waals surface area contributed by atoms with Gasteiger partial charge in [-0.1, -0.05) is 76.8 Å². The molecule has 0 fully saturated rings. The number of phenolic OH excluding ortho intramolecular Hbond substituents is 1. The number of aryl methyl sites for hydroxylation is 1. The summed E-state index contributed by atoms with van der Waals surface area (Å²) in [4.78, 5) is 10.8. The molecule has 0 aliphatic heterocycles. The highest BCUT2D eigenvalue weighted by atomic mass is 16.3. The standard InChI is InChI=1S/C19H30O2/c1-2-3-4-5-6-7-8-9-10-11-13-17-14-12-15-18(16-20)19(17)21/h12,14-16,21H,2-11,13H2,1H3. The van der Waals surface area contributed by atoms with Gasteiger partial charge >= 0.3 is 0 Å². The van der Waals surface area contributed by atoms with Crippen molar-refractivity contribution in [3.05, 3.63) is 29.3 Å². The highest BCUT2D eigenvalue weighted by molar-refractivity contribution is 5.79. The molecule has 1 aromatic rings. The SMILES string of the molecule is CCCCCCCCCCCCc1cccc(C=O)c1O. The molecule has 118 valence electrons. The van der Waals surface area contributed by atoms with Gasteiger partial charge < -0.3 is 5.11 Å². The van der Waals surface area contributed by atoms with Gasteiger partial charge in [-0.05, 0) is 24.5 Å². The lowest BCUT2D eigenvalue weighted by Crippen LogP contribution is -1.91. The molecule has 21 heavy (non-hydrogen) atoms. The summed E-state index contributed by atoms with van der Waals surface area (Å²) in [6.45, 7) is 2.25. The first kappa shape index (κ1) is 17.7. The van der Waals surface area contributed by atoms with Crippen LogP contribution in [0.3, 0.4) is 0 Å². The average Bonchev–Trinajstić information content (AvgIpc) is 2.50. The van der Waals surface area contributed by atoms with Crippen LogP contribution in [0.2, 0.25) is 0 Å². The molecule has 0 aromatic heterocycles. The molecule has 0 bridgehead atoms. The van der Waals surface area contributed by atoms with E-state index in [-0.39, 0.29) is 5.75 Å². The van der Waals surface area contributed by atoms with Gasteiger partial charge in [-0.25, -0.2) is 0 Å². The molecule has 1 aromatic carbocycles. The fourth-order valence-corrected chi connectivity index (χ4v) is 2.71. The van der Waals surface area contributed by atoms with Crippen LogP contribution in [-0.4, -0.2) is 11.4 Å². The molecule has 0 unspecified atom stereocenters. The van der Waals surface area contributed by atoms with Crippen LogP contribution in [0.1, 0.15) is 87.1 Å². The Balaban J connectivity index is 2.05. The van der Waals surface area contributed by atoms with Gasteiger partial charge in [0.15, 0.2) is 6.29 Å². The summed E-state index contributed by atoms with van der Waals surface area (Å²) in [5, 5.41) is 9.90. The Hall–Kier alpha value is -1.31. The number of carbonyl (C=O) groups excluding carboxylic acids is 1. The Morgan fingerprint density at radius 1 is 0.905 bits per heavy atom. The summed E-state index contributed by atoms with van der Waals surface area (Å²) < 4.78 is 0. The molecule has 0 aliphatic rings. The van der Waals surface area contributed by atoms with Gasteiger partial charge in [-0.15, -0.1) is 0 Å². The summed E-state index contributed by atoms with van der Waals surface area (Å²) in [5.74, 6) is 0.170. The van der Waals surface area contributed by atoms with Gasteiger partial charge in [0.05, 0.1) is 5.56 Å². The Labute approximate surface area is 129 Å². The maximum atomic E-state index is 10.8. The predicted octanol–water partition coefficient (Wildman–Crippen LogP) is 5.67. The molecule has 0 heterocycles. The fourth-order valence-electron chi connectivity index (χ4n) is 2.71. The maximum absolute atomic E-state index is 10.8. The fraction of sp³-hybridized carbons (Fsp3) is 0.632. The number of aromatic hydroxyl groups is 1. The zero-order valence-corrected chi connectivity index (χ0v) is 13.4. The largest absolute Gasteiger partial charge is 0.507 e. The number of para-hydroxylation sites is 1. The molecular weight excluding hydrogens is 260 g/mol. The minimum atomic E-state index is 0.170. The number of benzene rings is 1. The monoisotopic (exact) mass is 290 g/mol. The molecule has 0 aliphatic carbocycles. The van der Waals surface area contributed by atoms with Crippen molar-refractivity contribution in [3.8, 4) is 5.75 Å². The molecule has 0 atom stereocenters. The molecule has 0 radical (unpaired) electrons. The second-order valence-corrected chi connectivity index (χ2v) is 5.90. The minimum Gasteiger partial charge on any atom is -0.507 e. The second-order valence-electron chi connectivity index (χ2n) is 5.90. The van der Waals surface area contributed by atoms with E-state index in [0.29, 0.717) is 5.56 Å². The highest BCUT2D eigenvalue weighted by Crippen LogP contribution is 2.23. The molecule has 2 nitrogen and oxygen atoms in total. The number of phenols is 1. The zero-order chi connectivity index (χ0) is 15.3. The molecule has 0 spiro atoms. The van der Waals surface area contributed by atoms with Crippen molar-refractivity contribution in [3.63, 3.8) is 0 Å². The Morgan fingerprint density at radius 2 is 1.48 bits per heavy atom. The molecular formula is C19H30O2. The van der Waals surface area contributed by atoms with Gasteiger partial charge in [0.1, 0.15) is 5.75 Å². The van der Waals surface area contributed by atoms with Crippen LogP contribution in [0.5, 0.6) is 5.75 Å². The number of hydrogen-bond acceptors (Lipinski definition) is 2. The normalized spacial score (nSPS) is 10.7. The van der Waals surface area contributed by atoms with E-state index in [9.17, 15) is 9.90 Å². The number of hydrogen-bond donors (Lipinski definition) is 1. The van der Waals surface area contributed by atoms with E-state index >= 15 is 0 Å². The average molecular weight is 290 g/mol. The second kappa shape index (κ2) is 11.4. The van der Waals surface area contributed by atoms with Gasteiger partial charge in [-0.3, -0.25) is 4.79 Å². The van der Waals surface area contributed by atoms with E-state index in [1.54, 1.807) is 6.07 Å². The summed E-state index contributed by atoms with van der Waals surface area (Å²) in [7, 11) is 0. The Morgan fingerprint density at radius 3 is 2.05 bits per heavy atom. The van der Waals surface area contributed by atoms with Crippen molar-refractivity contribution < 1.29 is 9.90 Å². The summed E-state index contributed by atoms with van der Waals surface area (Å²) in [6.07, 6.45) is 14.7. The first-order chi connectivity index (χ1) is 10.3. The van der Waals surface area contributed by atoms with E-state index in [4.69, 9.17) is 0 Å². The molecule has 1 rings (SSSR count). The smallest absolute Gasteiger partial charge is 0.153 e. The van der Waals surface area contributed by atoms with E-state index < -0.39 is 0 Å². The van der Waals surface area contributed by atoms with E-state index in [2.05, 4.69) is 6.92 Å². The van der Waals surface area contributed by atoms with Gasteiger partial charge in [-0.2, -0.15) is 0 Å². The van der Waals surface area contributed by atoms with Crippen LogP contribution < -0.4 is 0 Å². The lowest BCUT2D eigenvalue weighted by molar-refractivity contribution is 0.112. The van der Waals surface area contributed by atoms with Crippen molar-refractivity contribution >= 4 is 6.29 Å². The third kappa shape index (κ3) is 7.31. The van der Waals surface area contributed by atoms with Crippen molar-refractivity contribution in [2.75, 3.05) is 0 Å². The summed E-state index contributed by atoms with van der Waals surface area (Å²) in [5.41, 5.74) is 1.30. The first-order valence-electron chi connectivity index (χ1n) is 8.55.